The number of nitrogens with zero attached hydrogens (tertiary/aromatic N) is 1. The van der Waals surface area contributed by atoms with Crippen molar-refractivity contribution < 1.29 is 9.53 Å². The van der Waals surface area contributed by atoms with Crippen LogP contribution in [0.1, 0.15) is 19.8 Å². The molecular formula is C16H25Cl2N3O2. The lowest BCUT2D eigenvalue weighted by Gasteiger charge is -2.33. The molecule has 23 heavy (non-hydrogen) atoms. The molecule has 0 saturated carbocycles. The topological polar surface area (TPSA) is 67.6 Å². The Morgan fingerprint density at radius 1 is 1.48 bits per heavy atom. The Bertz CT molecular complexity index is 518. The third-order valence-corrected chi connectivity index (χ3v) is 4.41. The summed E-state index contributed by atoms with van der Waals surface area (Å²) in [7, 11) is 1.57. The quantitative estimate of drug-likeness (QED) is 0.845. The minimum atomic E-state index is -0.0557. The number of ether oxygens (including phenoxy) is 1. The van der Waals surface area contributed by atoms with Crippen LogP contribution >= 0.6 is 24.0 Å². The van der Waals surface area contributed by atoms with Gasteiger partial charge in [0.1, 0.15) is 5.75 Å². The van der Waals surface area contributed by atoms with Gasteiger partial charge < -0.3 is 15.8 Å². The molecule has 0 spiro atoms. The van der Waals surface area contributed by atoms with Gasteiger partial charge in [-0.3, -0.25) is 9.69 Å². The Labute approximate surface area is 148 Å². The summed E-state index contributed by atoms with van der Waals surface area (Å²) >= 11 is 5.97. The van der Waals surface area contributed by atoms with Gasteiger partial charge in [0.25, 0.3) is 0 Å². The van der Waals surface area contributed by atoms with Gasteiger partial charge >= 0.3 is 0 Å². The van der Waals surface area contributed by atoms with E-state index < -0.39 is 0 Å². The van der Waals surface area contributed by atoms with Crippen LogP contribution in [0.2, 0.25) is 5.02 Å². The number of amides is 1. The van der Waals surface area contributed by atoms with Crippen LogP contribution in [0.25, 0.3) is 0 Å². The number of benzene rings is 1. The van der Waals surface area contributed by atoms with Crippen molar-refractivity contribution in [2.75, 3.05) is 32.1 Å². The van der Waals surface area contributed by atoms with Gasteiger partial charge in [-0.2, -0.15) is 0 Å². The Hall–Kier alpha value is -1.01. The average Bonchev–Trinajstić information content (AvgIpc) is 2.48. The SMILES string of the molecule is COc1ccc(Cl)cc1NC(=O)CN1CCC(C(C)N)CC1.Cl. The van der Waals surface area contributed by atoms with E-state index in [-0.39, 0.29) is 24.4 Å². The van der Waals surface area contributed by atoms with E-state index in [1.807, 2.05) is 0 Å². The van der Waals surface area contributed by atoms with Crippen molar-refractivity contribution in [2.45, 2.75) is 25.8 Å². The molecule has 1 aromatic rings. The fourth-order valence-electron chi connectivity index (χ4n) is 2.81. The monoisotopic (exact) mass is 361 g/mol. The molecule has 130 valence electrons. The molecule has 1 saturated heterocycles. The second-order valence-corrected chi connectivity index (χ2v) is 6.30. The molecule has 2 rings (SSSR count). The number of hydrogen-bond donors (Lipinski definition) is 2. The summed E-state index contributed by atoms with van der Waals surface area (Å²) in [4.78, 5) is 14.4. The number of carbonyl (C=O) groups excluding carboxylic acids is 1. The summed E-state index contributed by atoms with van der Waals surface area (Å²) in [5.41, 5.74) is 6.54. The highest BCUT2D eigenvalue weighted by molar-refractivity contribution is 6.31. The summed E-state index contributed by atoms with van der Waals surface area (Å²) in [6.07, 6.45) is 2.09. The van der Waals surface area contributed by atoms with Crippen molar-refractivity contribution in [3.8, 4) is 5.75 Å². The summed E-state index contributed by atoms with van der Waals surface area (Å²) in [6.45, 7) is 4.25. The van der Waals surface area contributed by atoms with Crippen molar-refractivity contribution in [1.82, 2.24) is 4.90 Å². The van der Waals surface area contributed by atoms with Crippen LogP contribution < -0.4 is 15.8 Å². The van der Waals surface area contributed by atoms with Crippen molar-refractivity contribution in [2.24, 2.45) is 11.7 Å². The van der Waals surface area contributed by atoms with Gasteiger partial charge in [0.15, 0.2) is 0 Å². The summed E-state index contributed by atoms with van der Waals surface area (Å²) in [5, 5.41) is 3.43. The highest BCUT2D eigenvalue weighted by atomic mass is 35.5. The zero-order chi connectivity index (χ0) is 16.1. The van der Waals surface area contributed by atoms with E-state index in [0.29, 0.717) is 28.9 Å². The molecule has 1 unspecified atom stereocenters. The number of rotatable bonds is 5. The van der Waals surface area contributed by atoms with Gasteiger partial charge in [0.05, 0.1) is 19.3 Å². The van der Waals surface area contributed by atoms with E-state index in [4.69, 9.17) is 22.1 Å². The van der Waals surface area contributed by atoms with Crippen LogP contribution in [0.5, 0.6) is 5.75 Å². The highest BCUT2D eigenvalue weighted by Gasteiger charge is 2.23. The maximum absolute atomic E-state index is 12.2. The summed E-state index contributed by atoms with van der Waals surface area (Å²) < 4.78 is 5.23. The number of nitrogens with two attached hydrogens (primary N) is 1. The molecule has 1 amide bonds. The molecule has 1 heterocycles. The predicted molar refractivity (Wildman–Crippen MR) is 96.7 cm³/mol. The molecule has 0 radical (unpaired) electrons. The molecule has 3 N–H and O–H groups in total. The highest BCUT2D eigenvalue weighted by Crippen LogP contribution is 2.27. The zero-order valence-electron chi connectivity index (χ0n) is 13.5. The number of carbonyl (C=O) groups is 1. The van der Waals surface area contributed by atoms with Crippen LogP contribution in [-0.2, 0) is 4.79 Å². The number of nitrogens with one attached hydrogen (secondary N) is 1. The molecule has 1 aliphatic rings. The van der Waals surface area contributed by atoms with E-state index in [1.165, 1.54) is 0 Å². The second kappa shape index (κ2) is 9.33. The van der Waals surface area contributed by atoms with Gasteiger partial charge in [-0.15, -0.1) is 12.4 Å². The van der Waals surface area contributed by atoms with Gasteiger partial charge in [0.2, 0.25) is 5.91 Å². The summed E-state index contributed by atoms with van der Waals surface area (Å²) in [5.74, 6) is 1.11. The van der Waals surface area contributed by atoms with Crippen LogP contribution in [0, 0.1) is 5.92 Å². The molecule has 1 aromatic carbocycles. The van der Waals surface area contributed by atoms with Gasteiger partial charge in [-0.1, -0.05) is 11.6 Å². The van der Waals surface area contributed by atoms with Crippen molar-refractivity contribution in [3.63, 3.8) is 0 Å². The Kier molecular flexibility index (Phi) is 8.12. The Morgan fingerprint density at radius 2 is 2.13 bits per heavy atom. The molecule has 0 bridgehead atoms. The lowest BCUT2D eigenvalue weighted by Crippen LogP contribution is -2.42. The average molecular weight is 362 g/mol. The second-order valence-electron chi connectivity index (χ2n) is 5.87. The lowest BCUT2D eigenvalue weighted by atomic mass is 9.91. The molecule has 0 aliphatic carbocycles. The fraction of sp³-hybridized carbons (Fsp3) is 0.562. The minimum absolute atomic E-state index is 0. The molecule has 5 nitrogen and oxygen atoms in total. The maximum atomic E-state index is 12.2. The number of likely N-dealkylation sites (tertiary alicyclic amines) is 1. The Balaban J connectivity index is 0.00000264. The minimum Gasteiger partial charge on any atom is -0.495 e. The van der Waals surface area contributed by atoms with Crippen molar-refractivity contribution >= 4 is 35.6 Å². The molecule has 1 atom stereocenters. The van der Waals surface area contributed by atoms with Crippen LogP contribution in [-0.4, -0.2) is 43.6 Å². The number of anilines is 1. The van der Waals surface area contributed by atoms with Crippen molar-refractivity contribution in [1.29, 1.82) is 0 Å². The van der Waals surface area contributed by atoms with E-state index in [1.54, 1.807) is 25.3 Å². The first kappa shape index (κ1) is 20.0. The lowest BCUT2D eigenvalue weighted by molar-refractivity contribution is -0.117. The third kappa shape index (κ3) is 5.84. The maximum Gasteiger partial charge on any atom is 0.238 e. The van der Waals surface area contributed by atoms with Crippen LogP contribution in [0.4, 0.5) is 5.69 Å². The number of hydrogen-bond acceptors (Lipinski definition) is 4. The van der Waals surface area contributed by atoms with E-state index >= 15 is 0 Å². The first-order valence-corrected chi connectivity index (χ1v) is 7.98. The van der Waals surface area contributed by atoms with Crippen LogP contribution in [0.3, 0.4) is 0 Å². The molecule has 7 heteroatoms. The van der Waals surface area contributed by atoms with Gasteiger partial charge in [0, 0.05) is 11.1 Å². The number of piperidine rings is 1. The first-order valence-electron chi connectivity index (χ1n) is 7.61. The number of methoxy groups -OCH3 is 1. The normalized spacial score (nSPS) is 17.2. The fourth-order valence-corrected chi connectivity index (χ4v) is 2.98. The molecular weight excluding hydrogens is 337 g/mol. The largest absolute Gasteiger partial charge is 0.495 e. The third-order valence-electron chi connectivity index (χ3n) is 4.18. The van der Waals surface area contributed by atoms with Crippen LogP contribution in [0.15, 0.2) is 18.2 Å². The molecule has 1 fully saturated rings. The first-order chi connectivity index (χ1) is 10.5. The standard InChI is InChI=1S/C16H24ClN3O2.ClH/c1-11(18)12-5-7-20(8-6-12)10-16(21)19-14-9-13(17)3-4-15(14)22-2;/h3-4,9,11-12H,5-8,10,18H2,1-2H3,(H,19,21);1H. The van der Waals surface area contributed by atoms with Crippen molar-refractivity contribution in [3.05, 3.63) is 23.2 Å². The van der Waals surface area contributed by atoms with E-state index in [2.05, 4.69) is 17.1 Å². The molecule has 1 aliphatic heterocycles. The van der Waals surface area contributed by atoms with Gasteiger partial charge in [-0.25, -0.2) is 0 Å². The molecule has 0 aromatic heterocycles. The predicted octanol–water partition coefficient (Wildman–Crippen LogP) is 2.77. The van der Waals surface area contributed by atoms with Gasteiger partial charge in [-0.05, 0) is 57.0 Å². The zero-order valence-corrected chi connectivity index (χ0v) is 15.1. The smallest absolute Gasteiger partial charge is 0.238 e. The Morgan fingerprint density at radius 3 is 2.70 bits per heavy atom. The summed E-state index contributed by atoms with van der Waals surface area (Å²) in [6, 6.07) is 5.40. The number of halogens is 2. The van der Waals surface area contributed by atoms with E-state index in [0.717, 1.165) is 25.9 Å². The van der Waals surface area contributed by atoms with E-state index in [9.17, 15) is 4.79 Å².